The molecule has 148 valence electrons. The number of rotatable bonds is 5. The third kappa shape index (κ3) is 3.68. The largest absolute Gasteiger partial charge is 0.403 e. The van der Waals surface area contributed by atoms with Crippen LogP contribution in [0, 0.1) is 6.92 Å². The Morgan fingerprint density at radius 1 is 1.14 bits per heavy atom. The number of hydrogen-bond donors (Lipinski definition) is 0. The molecule has 4 rings (SSSR count). The van der Waals surface area contributed by atoms with Crippen LogP contribution in [0.1, 0.15) is 25.3 Å². The molecule has 0 spiro atoms. The van der Waals surface area contributed by atoms with E-state index in [9.17, 15) is 4.79 Å². The molecule has 2 heterocycles. The predicted molar refractivity (Wildman–Crippen MR) is 117 cm³/mol. The summed E-state index contributed by atoms with van der Waals surface area (Å²) in [6.07, 6.45) is 3.67. The Labute approximate surface area is 177 Å². The zero-order chi connectivity index (χ0) is 20.5. The van der Waals surface area contributed by atoms with Gasteiger partial charge in [0.2, 0.25) is 5.89 Å². The van der Waals surface area contributed by atoms with Gasteiger partial charge >= 0.3 is 5.63 Å². The smallest absolute Gasteiger partial charge is 0.347 e. The maximum Gasteiger partial charge on any atom is 0.347 e. The fraction of sp³-hybridized carbons (Fsp3) is 0.227. The Hall–Kier alpha value is -2.63. The Morgan fingerprint density at radius 2 is 1.93 bits per heavy atom. The minimum absolute atomic E-state index is 0.214. The maximum atomic E-state index is 12.7. The molecule has 0 saturated carbocycles. The number of benzene rings is 2. The Bertz CT molecular complexity index is 1260. The quantitative estimate of drug-likeness (QED) is 0.384. The summed E-state index contributed by atoms with van der Waals surface area (Å²) in [5, 5.41) is 5.96. The second kappa shape index (κ2) is 8.01. The average Bonchev–Trinajstić information content (AvgIpc) is 3.11. The normalized spacial score (nSPS) is 11.3. The Kier molecular flexibility index (Phi) is 5.43. The van der Waals surface area contributed by atoms with Crippen LogP contribution in [0.2, 0.25) is 10.0 Å². The summed E-state index contributed by atoms with van der Waals surface area (Å²) >= 11 is 12.6. The van der Waals surface area contributed by atoms with Gasteiger partial charge in [0.25, 0.3) is 0 Å². The van der Waals surface area contributed by atoms with Crippen LogP contribution < -0.4 is 5.63 Å². The monoisotopic (exact) mass is 427 g/mol. The third-order valence-electron chi connectivity index (χ3n) is 4.81. The summed E-state index contributed by atoms with van der Waals surface area (Å²) in [6.45, 7) is 4.71. The molecule has 0 radical (unpaired) electrons. The number of aryl methyl sites for hydroxylation is 2. The summed E-state index contributed by atoms with van der Waals surface area (Å²) < 4.78 is 7.47. The molecule has 0 bridgehead atoms. The molecule has 4 aromatic rings. The zero-order valence-electron chi connectivity index (χ0n) is 16.1. The van der Waals surface area contributed by atoms with Crippen LogP contribution in [-0.2, 0) is 6.54 Å². The van der Waals surface area contributed by atoms with Crippen molar-refractivity contribution < 1.29 is 4.42 Å². The van der Waals surface area contributed by atoms with Gasteiger partial charge < -0.3 is 4.42 Å². The van der Waals surface area contributed by atoms with Crippen LogP contribution in [0.5, 0.6) is 0 Å². The lowest BCUT2D eigenvalue weighted by molar-refractivity contribution is 0.518. The summed E-state index contributed by atoms with van der Waals surface area (Å²) in [5.41, 5.74) is 3.11. The number of halogens is 2. The first-order valence-electron chi connectivity index (χ1n) is 9.41. The van der Waals surface area contributed by atoms with Gasteiger partial charge in [0.15, 0.2) is 0 Å². The molecule has 0 atom stereocenters. The van der Waals surface area contributed by atoms with E-state index in [0.717, 1.165) is 36.2 Å². The van der Waals surface area contributed by atoms with E-state index in [4.69, 9.17) is 27.6 Å². The highest BCUT2D eigenvalue weighted by Gasteiger charge is 2.21. The topological polar surface area (TPSA) is 60.9 Å². The highest BCUT2D eigenvalue weighted by atomic mass is 35.5. The van der Waals surface area contributed by atoms with E-state index in [1.165, 1.54) is 0 Å². The second-order valence-corrected chi connectivity index (χ2v) is 7.73. The number of fused-ring (bicyclic) bond motifs is 1. The van der Waals surface area contributed by atoms with Crippen LogP contribution in [-0.4, -0.2) is 14.8 Å². The molecule has 0 unspecified atom stereocenters. The van der Waals surface area contributed by atoms with Crippen LogP contribution in [0.4, 0.5) is 0 Å². The van der Waals surface area contributed by atoms with E-state index in [1.54, 1.807) is 18.3 Å². The van der Waals surface area contributed by atoms with E-state index < -0.39 is 5.63 Å². The van der Waals surface area contributed by atoms with Crippen molar-refractivity contribution in [2.75, 3.05) is 0 Å². The van der Waals surface area contributed by atoms with Gasteiger partial charge in [-0.2, -0.15) is 5.10 Å². The van der Waals surface area contributed by atoms with Crippen LogP contribution >= 0.6 is 23.2 Å². The highest BCUT2D eigenvalue weighted by molar-refractivity contribution is 6.33. The first kappa shape index (κ1) is 19.7. The van der Waals surface area contributed by atoms with Crippen molar-refractivity contribution in [3.05, 3.63) is 68.6 Å². The van der Waals surface area contributed by atoms with E-state index >= 15 is 0 Å². The Balaban J connectivity index is 1.97. The number of hydrogen-bond acceptors (Lipinski definition) is 4. The molecular weight excluding hydrogens is 409 g/mol. The highest BCUT2D eigenvalue weighted by Crippen LogP contribution is 2.36. The summed E-state index contributed by atoms with van der Waals surface area (Å²) in [4.78, 5) is 17.3. The van der Waals surface area contributed by atoms with Gasteiger partial charge in [-0.15, -0.1) is 0 Å². The molecule has 0 aliphatic carbocycles. The summed E-state index contributed by atoms with van der Waals surface area (Å²) in [6, 6.07) is 10.9. The van der Waals surface area contributed by atoms with E-state index in [2.05, 4.69) is 17.0 Å². The van der Waals surface area contributed by atoms with Gasteiger partial charge in [0.05, 0.1) is 28.4 Å². The molecule has 5 nitrogen and oxygen atoms in total. The average molecular weight is 428 g/mol. The molecule has 0 N–H and O–H groups in total. The van der Waals surface area contributed by atoms with Gasteiger partial charge in [-0.1, -0.05) is 54.7 Å². The van der Waals surface area contributed by atoms with Gasteiger partial charge in [-0.25, -0.2) is 9.78 Å². The molecule has 29 heavy (non-hydrogen) atoms. The van der Waals surface area contributed by atoms with Crippen molar-refractivity contribution in [3.63, 3.8) is 0 Å². The van der Waals surface area contributed by atoms with Crippen molar-refractivity contribution in [3.8, 4) is 22.7 Å². The molecular formula is C22H19Cl2N3O2. The molecule has 2 aromatic heterocycles. The molecule has 7 heteroatoms. The fourth-order valence-electron chi connectivity index (χ4n) is 3.38. The number of aromatic nitrogens is 3. The van der Waals surface area contributed by atoms with Crippen LogP contribution in [0.15, 0.2) is 51.8 Å². The first-order valence-corrected chi connectivity index (χ1v) is 10.2. The van der Waals surface area contributed by atoms with Crippen molar-refractivity contribution >= 4 is 34.1 Å². The molecule has 0 aliphatic rings. The molecule has 2 aromatic carbocycles. The Morgan fingerprint density at radius 3 is 2.69 bits per heavy atom. The lowest BCUT2D eigenvalue weighted by atomic mass is 10.1. The first-order chi connectivity index (χ1) is 14.0. The minimum Gasteiger partial charge on any atom is -0.403 e. The number of nitrogens with zero attached hydrogens (tertiary/aromatic N) is 3. The van der Waals surface area contributed by atoms with Crippen molar-refractivity contribution in [2.45, 2.75) is 33.2 Å². The summed E-state index contributed by atoms with van der Waals surface area (Å²) in [7, 11) is 0. The van der Waals surface area contributed by atoms with Crippen molar-refractivity contribution in [2.24, 2.45) is 0 Å². The zero-order valence-corrected chi connectivity index (χ0v) is 17.6. The molecule has 0 fully saturated rings. The van der Waals surface area contributed by atoms with Gasteiger partial charge in [0, 0.05) is 22.2 Å². The molecule has 0 aliphatic heterocycles. The van der Waals surface area contributed by atoms with Gasteiger partial charge in [-0.3, -0.25) is 4.68 Å². The van der Waals surface area contributed by atoms with Crippen LogP contribution in [0.25, 0.3) is 33.6 Å². The molecule has 0 saturated heterocycles. The van der Waals surface area contributed by atoms with Crippen molar-refractivity contribution in [1.82, 2.24) is 14.8 Å². The maximum absolute atomic E-state index is 12.7. The fourth-order valence-corrected chi connectivity index (χ4v) is 3.88. The van der Waals surface area contributed by atoms with Crippen LogP contribution in [0.3, 0.4) is 0 Å². The third-order valence-corrected chi connectivity index (χ3v) is 5.36. The SMILES string of the molecule is CCCCn1ncc(-c2nc3c(C)cc(Cl)cc3c(=O)o2)c1-c1ccccc1Cl. The van der Waals surface area contributed by atoms with E-state index in [1.807, 2.05) is 35.9 Å². The van der Waals surface area contributed by atoms with E-state index in [0.29, 0.717) is 26.5 Å². The number of unbranched alkanes of at least 4 members (excludes halogenated alkanes) is 1. The summed E-state index contributed by atoms with van der Waals surface area (Å²) in [5.74, 6) is 0.214. The lowest BCUT2D eigenvalue weighted by Gasteiger charge is -2.11. The lowest BCUT2D eigenvalue weighted by Crippen LogP contribution is -2.06. The van der Waals surface area contributed by atoms with Gasteiger partial charge in [-0.05, 0) is 37.1 Å². The standard InChI is InChI=1S/C22H19Cl2N3O2/c1-3-4-9-27-20(15-7-5-6-8-18(15)24)17(12-25-27)21-26-19-13(2)10-14(23)11-16(19)22(28)29-21/h5-8,10-12H,3-4,9H2,1-2H3. The second-order valence-electron chi connectivity index (χ2n) is 6.89. The van der Waals surface area contributed by atoms with Gasteiger partial charge in [0.1, 0.15) is 0 Å². The van der Waals surface area contributed by atoms with Crippen molar-refractivity contribution in [1.29, 1.82) is 0 Å². The predicted octanol–water partition coefficient (Wildman–Crippen LogP) is 6.13. The minimum atomic E-state index is -0.484. The molecule has 0 amide bonds. The van der Waals surface area contributed by atoms with E-state index in [-0.39, 0.29) is 5.89 Å².